The number of anilines is 1. The van der Waals surface area contributed by atoms with E-state index in [1.165, 1.54) is 11.3 Å². The zero-order valence-corrected chi connectivity index (χ0v) is 11.3. The van der Waals surface area contributed by atoms with Gasteiger partial charge >= 0.3 is 0 Å². The molecule has 1 aliphatic rings. The Labute approximate surface area is 118 Å². The van der Waals surface area contributed by atoms with Crippen LogP contribution in [0.2, 0.25) is 0 Å². The lowest BCUT2D eigenvalue weighted by molar-refractivity contribution is -0.0614. The summed E-state index contributed by atoms with van der Waals surface area (Å²) in [5, 5.41) is 9.44. The number of halogens is 2. The van der Waals surface area contributed by atoms with Crippen LogP contribution in [0.5, 0.6) is 0 Å². The predicted molar refractivity (Wildman–Crippen MR) is 71.1 cm³/mol. The normalized spacial score (nSPS) is 19.6. The van der Waals surface area contributed by atoms with Crippen molar-refractivity contribution >= 4 is 16.5 Å². The fourth-order valence-corrected chi connectivity index (χ4v) is 2.79. The highest BCUT2D eigenvalue weighted by Gasteiger charge is 2.29. The number of rotatable bonds is 3. The lowest BCUT2D eigenvalue weighted by Crippen LogP contribution is -2.45. The first-order valence-corrected chi connectivity index (χ1v) is 6.95. The van der Waals surface area contributed by atoms with Crippen LogP contribution < -0.4 is 4.90 Å². The fraction of sp³-hybridized carbons (Fsp3) is 0.417. The molecule has 0 N–H and O–H groups in total. The van der Waals surface area contributed by atoms with Crippen LogP contribution in [0.4, 0.5) is 13.9 Å². The van der Waals surface area contributed by atoms with E-state index in [4.69, 9.17) is 4.74 Å². The first kappa shape index (κ1) is 13.3. The minimum absolute atomic E-state index is 0.133. The van der Waals surface area contributed by atoms with E-state index in [1.807, 2.05) is 18.2 Å². The van der Waals surface area contributed by atoms with Gasteiger partial charge in [-0.3, -0.25) is 4.98 Å². The van der Waals surface area contributed by atoms with Gasteiger partial charge in [0.1, 0.15) is 11.8 Å². The number of alkyl halides is 2. The average Bonchev–Trinajstić information content (AvgIpc) is 2.98. The van der Waals surface area contributed by atoms with Gasteiger partial charge in [-0.05, 0) is 12.1 Å². The molecule has 1 atom stereocenters. The maximum absolute atomic E-state index is 12.7. The van der Waals surface area contributed by atoms with Crippen molar-refractivity contribution in [3.8, 4) is 10.7 Å². The van der Waals surface area contributed by atoms with Crippen molar-refractivity contribution < 1.29 is 13.5 Å². The molecule has 0 aliphatic carbocycles. The molecule has 1 saturated heterocycles. The fourth-order valence-electron chi connectivity index (χ4n) is 1.94. The number of hydrogen-bond acceptors (Lipinski definition) is 6. The molecule has 20 heavy (non-hydrogen) atoms. The Morgan fingerprint density at radius 2 is 2.25 bits per heavy atom. The quantitative estimate of drug-likeness (QED) is 0.868. The second kappa shape index (κ2) is 5.76. The van der Waals surface area contributed by atoms with Crippen molar-refractivity contribution in [2.75, 3.05) is 24.6 Å². The summed E-state index contributed by atoms with van der Waals surface area (Å²) in [5.74, 6) is 0. The predicted octanol–water partition coefficient (Wildman–Crippen LogP) is 2.07. The Balaban J connectivity index is 1.77. The Bertz CT molecular complexity index is 566. The Kier molecular flexibility index (Phi) is 3.83. The van der Waals surface area contributed by atoms with Crippen molar-refractivity contribution in [1.29, 1.82) is 0 Å². The maximum Gasteiger partial charge on any atom is 0.266 e. The molecular weight excluding hydrogens is 286 g/mol. The van der Waals surface area contributed by atoms with E-state index in [-0.39, 0.29) is 13.2 Å². The SMILES string of the molecule is FC(F)C1CN(c2nnc(-c3ccccn3)s2)CCO1. The molecule has 3 rings (SSSR count). The monoisotopic (exact) mass is 298 g/mol. The number of nitrogens with zero attached hydrogens (tertiary/aromatic N) is 4. The number of ether oxygens (including phenoxy) is 1. The van der Waals surface area contributed by atoms with Gasteiger partial charge in [0.15, 0.2) is 5.01 Å². The van der Waals surface area contributed by atoms with Crippen molar-refractivity contribution in [2.24, 2.45) is 0 Å². The summed E-state index contributed by atoms with van der Waals surface area (Å²) in [6.45, 7) is 0.947. The largest absolute Gasteiger partial charge is 0.369 e. The van der Waals surface area contributed by atoms with Gasteiger partial charge < -0.3 is 9.64 Å². The van der Waals surface area contributed by atoms with Gasteiger partial charge in [-0.2, -0.15) is 0 Å². The van der Waals surface area contributed by atoms with Gasteiger partial charge in [-0.1, -0.05) is 17.4 Å². The van der Waals surface area contributed by atoms with E-state index in [1.54, 1.807) is 11.1 Å². The number of aromatic nitrogens is 3. The van der Waals surface area contributed by atoms with Crippen molar-refractivity contribution in [1.82, 2.24) is 15.2 Å². The van der Waals surface area contributed by atoms with Gasteiger partial charge in [0, 0.05) is 12.7 Å². The van der Waals surface area contributed by atoms with Gasteiger partial charge in [0.05, 0.1) is 13.2 Å². The molecule has 8 heteroatoms. The third kappa shape index (κ3) is 2.75. The van der Waals surface area contributed by atoms with Crippen LogP contribution >= 0.6 is 11.3 Å². The summed E-state index contributed by atoms with van der Waals surface area (Å²) in [6.07, 6.45) is -1.87. The minimum atomic E-state index is -2.49. The summed E-state index contributed by atoms with van der Waals surface area (Å²) < 4.78 is 30.4. The van der Waals surface area contributed by atoms with E-state index in [9.17, 15) is 8.78 Å². The van der Waals surface area contributed by atoms with E-state index >= 15 is 0 Å². The second-order valence-electron chi connectivity index (χ2n) is 4.29. The Morgan fingerprint density at radius 1 is 1.35 bits per heavy atom. The Hall–Kier alpha value is -1.67. The van der Waals surface area contributed by atoms with Gasteiger partial charge in [-0.25, -0.2) is 8.78 Å². The maximum atomic E-state index is 12.7. The van der Waals surface area contributed by atoms with Gasteiger partial charge in [0.2, 0.25) is 5.13 Å². The molecule has 0 radical (unpaired) electrons. The molecule has 2 aromatic heterocycles. The van der Waals surface area contributed by atoms with E-state index < -0.39 is 12.5 Å². The molecule has 1 fully saturated rings. The van der Waals surface area contributed by atoms with E-state index in [2.05, 4.69) is 15.2 Å². The highest BCUT2D eigenvalue weighted by molar-refractivity contribution is 7.18. The van der Waals surface area contributed by atoms with Crippen LogP contribution in [0, 0.1) is 0 Å². The van der Waals surface area contributed by atoms with Crippen LogP contribution in [-0.4, -0.2) is 47.4 Å². The molecule has 0 bridgehead atoms. The molecular formula is C12H12F2N4OS. The number of hydrogen-bond donors (Lipinski definition) is 0. The molecule has 0 spiro atoms. The van der Waals surface area contributed by atoms with Gasteiger partial charge in [-0.15, -0.1) is 10.2 Å². The van der Waals surface area contributed by atoms with Crippen molar-refractivity contribution in [3.63, 3.8) is 0 Å². The zero-order valence-electron chi connectivity index (χ0n) is 10.4. The zero-order chi connectivity index (χ0) is 13.9. The van der Waals surface area contributed by atoms with Crippen molar-refractivity contribution in [2.45, 2.75) is 12.5 Å². The van der Waals surface area contributed by atoms with Crippen LogP contribution in [0.3, 0.4) is 0 Å². The lowest BCUT2D eigenvalue weighted by atomic mass is 10.3. The molecule has 0 saturated carbocycles. The molecule has 1 unspecified atom stereocenters. The standard InChI is InChI=1S/C12H12F2N4OS/c13-10(14)9-7-18(5-6-19-9)12-17-16-11(20-12)8-3-1-2-4-15-8/h1-4,9-10H,5-7H2. The van der Waals surface area contributed by atoms with Crippen LogP contribution in [0.25, 0.3) is 10.7 Å². The van der Waals surface area contributed by atoms with Gasteiger partial charge in [0.25, 0.3) is 6.43 Å². The smallest absolute Gasteiger partial charge is 0.266 e. The minimum Gasteiger partial charge on any atom is -0.369 e. The van der Waals surface area contributed by atoms with E-state index in [0.717, 1.165) is 5.69 Å². The average molecular weight is 298 g/mol. The second-order valence-corrected chi connectivity index (χ2v) is 5.25. The molecule has 0 amide bonds. The summed E-state index contributed by atoms with van der Waals surface area (Å²) in [4.78, 5) is 5.98. The summed E-state index contributed by atoms with van der Waals surface area (Å²) in [5.41, 5.74) is 0.731. The molecule has 0 aromatic carbocycles. The summed E-state index contributed by atoms with van der Waals surface area (Å²) >= 11 is 1.35. The highest BCUT2D eigenvalue weighted by atomic mass is 32.1. The van der Waals surface area contributed by atoms with Crippen LogP contribution in [-0.2, 0) is 4.74 Å². The Morgan fingerprint density at radius 3 is 3.00 bits per heavy atom. The number of pyridine rings is 1. The third-order valence-electron chi connectivity index (χ3n) is 2.94. The highest BCUT2D eigenvalue weighted by Crippen LogP contribution is 2.28. The number of morpholine rings is 1. The molecule has 5 nitrogen and oxygen atoms in total. The molecule has 3 heterocycles. The first-order chi connectivity index (χ1) is 9.74. The topological polar surface area (TPSA) is 51.1 Å². The first-order valence-electron chi connectivity index (χ1n) is 6.13. The molecule has 2 aromatic rings. The summed E-state index contributed by atoms with van der Waals surface area (Å²) in [7, 11) is 0. The van der Waals surface area contributed by atoms with Crippen LogP contribution in [0.15, 0.2) is 24.4 Å². The van der Waals surface area contributed by atoms with Crippen LogP contribution in [0.1, 0.15) is 0 Å². The lowest BCUT2D eigenvalue weighted by Gasteiger charge is -2.31. The molecule has 1 aliphatic heterocycles. The summed E-state index contributed by atoms with van der Waals surface area (Å²) in [6, 6.07) is 5.52. The van der Waals surface area contributed by atoms with Crippen molar-refractivity contribution in [3.05, 3.63) is 24.4 Å². The third-order valence-corrected chi connectivity index (χ3v) is 3.95. The van der Waals surface area contributed by atoms with E-state index in [0.29, 0.717) is 16.7 Å². The molecule has 106 valence electrons.